The Morgan fingerprint density at radius 2 is 1.76 bits per heavy atom. The van der Waals surface area contributed by atoms with Gasteiger partial charge >= 0.3 is 0 Å². The molecule has 0 aliphatic carbocycles. The lowest BCUT2D eigenvalue weighted by Crippen LogP contribution is -2.53. The van der Waals surface area contributed by atoms with Crippen molar-refractivity contribution in [3.05, 3.63) is 0 Å². The first-order chi connectivity index (χ1) is 8.06. The van der Waals surface area contributed by atoms with E-state index in [0.717, 1.165) is 0 Å². The van der Waals surface area contributed by atoms with Crippen LogP contribution in [0.1, 0.15) is 13.8 Å². The first-order valence-electron chi connectivity index (χ1n) is 5.90. The van der Waals surface area contributed by atoms with Gasteiger partial charge in [-0.25, -0.2) is 0 Å². The lowest BCUT2D eigenvalue weighted by molar-refractivity contribution is -0.137. The molecule has 0 bridgehead atoms. The van der Waals surface area contributed by atoms with Gasteiger partial charge in [-0.3, -0.25) is 14.9 Å². The van der Waals surface area contributed by atoms with E-state index in [1.165, 1.54) is 0 Å². The van der Waals surface area contributed by atoms with Crippen molar-refractivity contribution in [1.29, 1.82) is 0 Å². The maximum atomic E-state index is 12.0. The summed E-state index contributed by atoms with van der Waals surface area (Å²) >= 11 is 0. The molecule has 1 heterocycles. The van der Waals surface area contributed by atoms with Crippen LogP contribution >= 0.6 is 0 Å². The molecular formula is C11H21N3O3. The van der Waals surface area contributed by atoms with Gasteiger partial charge in [0.1, 0.15) is 0 Å². The monoisotopic (exact) mass is 243 g/mol. The van der Waals surface area contributed by atoms with Gasteiger partial charge in [0, 0.05) is 20.1 Å². The van der Waals surface area contributed by atoms with Crippen LogP contribution in [0.15, 0.2) is 0 Å². The minimum atomic E-state index is -0.375. The molecule has 17 heavy (non-hydrogen) atoms. The predicted molar refractivity (Wildman–Crippen MR) is 63.5 cm³/mol. The van der Waals surface area contributed by atoms with Crippen LogP contribution in [0.5, 0.6) is 0 Å². The number of carbonyl (C=O) groups excluding carboxylic acids is 2. The molecule has 2 N–H and O–H groups in total. The summed E-state index contributed by atoms with van der Waals surface area (Å²) in [5.74, 6) is -0.101. The Hall–Kier alpha value is -1.14. The number of nitrogens with zero attached hydrogens (tertiary/aromatic N) is 1. The smallest absolute Gasteiger partial charge is 0.239 e. The normalized spacial score (nSPS) is 19.6. The second-order valence-electron chi connectivity index (χ2n) is 4.16. The molecule has 0 saturated carbocycles. The summed E-state index contributed by atoms with van der Waals surface area (Å²) in [6.45, 7) is 5.94. The third kappa shape index (κ3) is 3.98. The molecule has 6 nitrogen and oxygen atoms in total. The number of morpholine rings is 1. The van der Waals surface area contributed by atoms with Gasteiger partial charge in [-0.15, -0.1) is 0 Å². The average Bonchev–Trinajstić information content (AvgIpc) is 2.37. The van der Waals surface area contributed by atoms with Crippen LogP contribution in [0.3, 0.4) is 0 Å². The van der Waals surface area contributed by atoms with Crippen molar-refractivity contribution in [2.24, 2.45) is 0 Å². The highest BCUT2D eigenvalue weighted by Crippen LogP contribution is 2.01. The molecule has 2 unspecified atom stereocenters. The number of hydrogen-bond acceptors (Lipinski definition) is 4. The number of nitrogens with one attached hydrogen (secondary N) is 2. The van der Waals surface area contributed by atoms with Gasteiger partial charge in [0.2, 0.25) is 11.8 Å². The minimum absolute atomic E-state index is 0.0176. The largest absolute Gasteiger partial charge is 0.378 e. The van der Waals surface area contributed by atoms with E-state index in [1.807, 2.05) is 0 Å². The number of carbonyl (C=O) groups is 2. The molecule has 1 fully saturated rings. The van der Waals surface area contributed by atoms with Gasteiger partial charge in [-0.2, -0.15) is 0 Å². The zero-order valence-corrected chi connectivity index (χ0v) is 10.7. The molecule has 6 heteroatoms. The molecule has 0 aromatic rings. The highest BCUT2D eigenvalue weighted by molar-refractivity contribution is 5.84. The third-order valence-electron chi connectivity index (χ3n) is 2.83. The van der Waals surface area contributed by atoms with Crippen molar-refractivity contribution in [2.75, 3.05) is 33.4 Å². The van der Waals surface area contributed by atoms with Gasteiger partial charge in [-0.1, -0.05) is 0 Å². The topological polar surface area (TPSA) is 70.7 Å². The molecule has 0 spiro atoms. The van der Waals surface area contributed by atoms with Crippen LogP contribution in [0.25, 0.3) is 0 Å². The molecule has 0 aromatic carbocycles. The average molecular weight is 243 g/mol. The number of amides is 2. The van der Waals surface area contributed by atoms with E-state index in [1.54, 1.807) is 25.8 Å². The zero-order chi connectivity index (χ0) is 12.8. The Balaban J connectivity index is 2.43. The lowest BCUT2D eigenvalue weighted by Gasteiger charge is -2.30. The Morgan fingerprint density at radius 3 is 2.29 bits per heavy atom. The van der Waals surface area contributed by atoms with E-state index in [2.05, 4.69) is 10.6 Å². The van der Waals surface area contributed by atoms with Crippen LogP contribution in [-0.2, 0) is 14.3 Å². The second kappa shape index (κ2) is 6.56. The Labute approximate surface area is 102 Å². The fourth-order valence-corrected chi connectivity index (χ4v) is 1.80. The second-order valence-corrected chi connectivity index (χ2v) is 4.16. The first kappa shape index (κ1) is 13.9. The van der Waals surface area contributed by atoms with Crippen molar-refractivity contribution in [3.63, 3.8) is 0 Å². The SMILES string of the molecule is CNC(=O)C(C)NC(C)C(=O)N1CCOCC1. The van der Waals surface area contributed by atoms with E-state index >= 15 is 0 Å². The van der Waals surface area contributed by atoms with Crippen LogP contribution in [0.4, 0.5) is 0 Å². The first-order valence-corrected chi connectivity index (χ1v) is 5.90. The summed E-state index contributed by atoms with van der Waals surface area (Å²) in [6.07, 6.45) is 0. The van der Waals surface area contributed by atoms with Crippen molar-refractivity contribution in [1.82, 2.24) is 15.5 Å². The standard InChI is InChI=1S/C11H21N3O3/c1-8(10(15)12-3)13-9(2)11(16)14-4-6-17-7-5-14/h8-9,13H,4-7H2,1-3H3,(H,12,15). The predicted octanol–water partition coefficient (Wildman–Crippen LogP) is -1.04. The van der Waals surface area contributed by atoms with E-state index in [9.17, 15) is 9.59 Å². The highest BCUT2D eigenvalue weighted by Gasteiger charge is 2.24. The van der Waals surface area contributed by atoms with E-state index in [0.29, 0.717) is 26.3 Å². The van der Waals surface area contributed by atoms with E-state index < -0.39 is 0 Å². The highest BCUT2D eigenvalue weighted by atomic mass is 16.5. The number of likely N-dealkylation sites (N-methyl/N-ethyl adjacent to an activating group) is 1. The van der Waals surface area contributed by atoms with Crippen LogP contribution in [0.2, 0.25) is 0 Å². The Kier molecular flexibility index (Phi) is 5.37. The fraction of sp³-hybridized carbons (Fsp3) is 0.818. The molecule has 1 aliphatic rings. The van der Waals surface area contributed by atoms with Gasteiger partial charge in [-0.05, 0) is 13.8 Å². The summed E-state index contributed by atoms with van der Waals surface area (Å²) < 4.78 is 5.19. The van der Waals surface area contributed by atoms with Crippen molar-refractivity contribution < 1.29 is 14.3 Å². The summed E-state index contributed by atoms with van der Waals surface area (Å²) in [5.41, 5.74) is 0. The van der Waals surface area contributed by atoms with Gasteiger partial charge in [0.05, 0.1) is 25.3 Å². The molecule has 1 aliphatic heterocycles. The number of rotatable bonds is 4. The van der Waals surface area contributed by atoms with Gasteiger partial charge < -0.3 is 15.0 Å². The van der Waals surface area contributed by atoms with Crippen LogP contribution in [-0.4, -0.2) is 62.1 Å². The fourth-order valence-electron chi connectivity index (χ4n) is 1.80. The molecule has 0 radical (unpaired) electrons. The maximum absolute atomic E-state index is 12.0. The van der Waals surface area contributed by atoms with Crippen molar-refractivity contribution >= 4 is 11.8 Å². The maximum Gasteiger partial charge on any atom is 0.239 e. The number of ether oxygens (including phenoxy) is 1. The summed E-state index contributed by atoms with van der Waals surface area (Å²) in [5, 5.41) is 5.53. The van der Waals surface area contributed by atoms with E-state index in [4.69, 9.17) is 4.74 Å². The Morgan fingerprint density at radius 1 is 1.18 bits per heavy atom. The van der Waals surface area contributed by atoms with Crippen molar-refractivity contribution in [3.8, 4) is 0 Å². The summed E-state index contributed by atoms with van der Waals surface area (Å²) in [7, 11) is 1.58. The third-order valence-corrected chi connectivity index (χ3v) is 2.83. The minimum Gasteiger partial charge on any atom is -0.378 e. The molecular weight excluding hydrogens is 222 g/mol. The summed E-state index contributed by atoms with van der Waals surface area (Å²) in [4.78, 5) is 25.1. The molecule has 1 saturated heterocycles. The van der Waals surface area contributed by atoms with Gasteiger partial charge in [0.25, 0.3) is 0 Å². The van der Waals surface area contributed by atoms with Crippen LogP contribution in [0, 0.1) is 0 Å². The molecule has 0 aromatic heterocycles. The van der Waals surface area contributed by atoms with Crippen LogP contribution < -0.4 is 10.6 Å². The van der Waals surface area contributed by atoms with Crippen molar-refractivity contribution in [2.45, 2.75) is 25.9 Å². The van der Waals surface area contributed by atoms with E-state index in [-0.39, 0.29) is 23.9 Å². The molecule has 2 atom stereocenters. The molecule has 2 amide bonds. The molecule has 98 valence electrons. The Bertz CT molecular complexity index is 277. The quantitative estimate of drug-likeness (QED) is 0.661. The number of hydrogen-bond donors (Lipinski definition) is 2. The van der Waals surface area contributed by atoms with Gasteiger partial charge in [0.15, 0.2) is 0 Å². The molecule has 1 rings (SSSR count). The summed E-state index contributed by atoms with van der Waals surface area (Å²) in [6, 6.07) is -0.736. The lowest BCUT2D eigenvalue weighted by atomic mass is 10.2. The zero-order valence-electron chi connectivity index (χ0n) is 10.7.